The number of nitrogens with zero attached hydrogens (tertiary/aromatic N) is 6. The predicted octanol–water partition coefficient (Wildman–Crippen LogP) is 4.32. The molecule has 0 radical (unpaired) electrons. The van der Waals surface area contributed by atoms with Crippen LogP contribution in [0.4, 0.5) is 16.4 Å². The van der Waals surface area contributed by atoms with Crippen molar-refractivity contribution in [3.05, 3.63) is 59.9 Å². The van der Waals surface area contributed by atoms with Crippen molar-refractivity contribution in [3.63, 3.8) is 0 Å². The van der Waals surface area contributed by atoms with Crippen molar-refractivity contribution in [3.8, 4) is 17.6 Å². The molecule has 5 heterocycles. The van der Waals surface area contributed by atoms with E-state index in [2.05, 4.69) is 47.6 Å². The molecule has 11 heteroatoms. The zero-order valence-corrected chi connectivity index (χ0v) is 22.4. The van der Waals surface area contributed by atoms with E-state index in [1.54, 1.807) is 35.2 Å². The van der Waals surface area contributed by atoms with Crippen LogP contribution in [0.1, 0.15) is 57.1 Å². The number of carbonyl (C=O) groups is 1. The largest absolute Gasteiger partial charge is 0.491 e. The van der Waals surface area contributed by atoms with E-state index in [4.69, 9.17) is 9.26 Å². The second-order valence-electron chi connectivity index (χ2n) is 10.5. The molecule has 1 aliphatic heterocycles. The molecular weight excluding hydrogens is 496 g/mol. The lowest BCUT2D eigenvalue weighted by atomic mass is 9.93. The molecule has 0 aliphatic carbocycles. The highest BCUT2D eigenvalue weighted by atomic mass is 16.5. The number of ether oxygens (including phenoxy) is 1. The number of anilines is 2. The van der Waals surface area contributed by atoms with E-state index in [0.717, 1.165) is 25.4 Å². The molecule has 0 spiro atoms. The highest BCUT2D eigenvalue weighted by Gasteiger charge is 2.20. The lowest BCUT2D eigenvalue weighted by Crippen LogP contribution is -2.33. The summed E-state index contributed by atoms with van der Waals surface area (Å²) in [5.74, 6) is 8.16. The van der Waals surface area contributed by atoms with Gasteiger partial charge in [0.05, 0.1) is 11.8 Å². The van der Waals surface area contributed by atoms with Crippen LogP contribution < -0.4 is 15.4 Å². The third-order valence-electron chi connectivity index (χ3n) is 6.24. The molecule has 39 heavy (non-hydrogen) atoms. The summed E-state index contributed by atoms with van der Waals surface area (Å²) in [5.41, 5.74) is 1.64. The number of aromatic nitrogens is 5. The van der Waals surface area contributed by atoms with Gasteiger partial charge in [0, 0.05) is 36.5 Å². The lowest BCUT2D eigenvalue weighted by Gasteiger charge is -2.26. The van der Waals surface area contributed by atoms with Gasteiger partial charge in [0.25, 0.3) is 0 Å². The van der Waals surface area contributed by atoms with Gasteiger partial charge in [0.15, 0.2) is 17.3 Å². The van der Waals surface area contributed by atoms with Crippen LogP contribution in [0.25, 0.3) is 5.65 Å². The second-order valence-corrected chi connectivity index (χ2v) is 10.5. The first-order chi connectivity index (χ1) is 18.8. The van der Waals surface area contributed by atoms with Crippen molar-refractivity contribution in [2.75, 3.05) is 36.9 Å². The molecule has 11 nitrogen and oxygen atoms in total. The number of rotatable bonds is 6. The van der Waals surface area contributed by atoms with E-state index >= 15 is 0 Å². The molecule has 2 amide bonds. The normalized spacial score (nSPS) is 14.0. The van der Waals surface area contributed by atoms with Gasteiger partial charge in [-0.1, -0.05) is 38.3 Å². The van der Waals surface area contributed by atoms with Gasteiger partial charge in [-0.3, -0.25) is 15.5 Å². The molecule has 0 unspecified atom stereocenters. The van der Waals surface area contributed by atoms with Crippen molar-refractivity contribution in [1.82, 2.24) is 29.6 Å². The van der Waals surface area contributed by atoms with Crippen LogP contribution in [0.3, 0.4) is 0 Å². The number of pyridine rings is 1. The second kappa shape index (κ2) is 11.5. The van der Waals surface area contributed by atoms with Crippen molar-refractivity contribution in [2.45, 2.75) is 45.4 Å². The van der Waals surface area contributed by atoms with Crippen molar-refractivity contribution in [2.24, 2.45) is 0 Å². The molecule has 4 aromatic heterocycles. The Morgan fingerprint density at radius 1 is 1.05 bits per heavy atom. The third kappa shape index (κ3) is 7.12. The summed E-state index contributed by atoms with van der Waals surface area (Å²) in [4.78, 5) is 23.6. The molecule has 0 aromatic carbocycles. The summed E-state index contributed by atoms with van der Waals surface area (Å²) in [6, 6.07) is 6.59. The van der Waals surface area contributed by atoms with Crippen LogP contribution in [0.5, 0.6) is 5.75 Å². The molecule has 0 bridgehead atoms. The first-order valence-corrected chi connectivity index (χ1v) is 13.1. The zero-order valence-electron chi connectivity index (χ0n) is 22.4. The van der Waals surface area contributed by atoms with Gasteiger partial charge >= 0.3 is 6.03 Å². The standard InChI is InChI=1S/C28H32N8O3/c1-28(2,3)23-15-25(34-39-23)32-27(37)31-24-16-26-30-17-20(19-36(26)33-24)7-8-21-9-10-22(18-29-21)38-14-13-35-11-5-4-6-12-35/h9-10,15-19H,4-6,11-14H2,1-3H3,(H2,31,32,33,34,37). The fourth-order valence-corrected chi connectivity index (χ4v) is 4.11. The van der Waals surface area contributed by atoms with Gasteiger partial charge in [0.2, 0.25) is 0 Å². The monoisotopic (exact) mass is 528 g/mol. The van der Waals surface area contributed by atoms with Gasteiger partial charge < -0.3 is 9.26 Å². The van der Waals surface area contributed by atoms with E-state index in [-0.39, 0.29) is 5.41 Å². The van der Waals surface area contributed by atoms with Crippen LogP contribution >= 0.6 is 0 Å². The van der Waals surface area contributed by atoms with Crippen molar-refractivity contribution >= 4 is 23.3 Å². The highest BCUT2D eigenvalue weighted by molar-refractivity contribution is 5.98. The van der Waals surface area contributed by atoms with Crippen LogP contribution in [-0.4, -0.2) is 61.9 Å². The van der Waals surface area contributed by atoms with Gasteiger partial charge in [-0.2, -0.15) is 0 Å². The lowest BCUT2D eigenvalue weighted by molar-refractivity contribution is 0.183. The Bertz CT molecular complexity index is 1490. The number of fused-ring (bicyclic) bond motifs is 1. The van der Waals surface area contributed by atoms with Crippen LogP contribution in [0.2, 0.25) is 0 Å². The van der Waals surface area contributed by atoms with E-state index in [1.165, 1.54) is 19.3 Å². The predicted molar refractivity (Wildman–Crippen MR) is 147 cm³/mol. The molecule has 1 saturated heterocycles. The Balaban J connectivity index is 1.15. The van der Waals surface area contributed by atoms with E-state index in [9.17, 15) is 4.79 Å². The number of carbonyl (C=O) groups excluding carboxylic acids is 1. The summed E-state index contributed by atoms with van der Waals surface area (Å²) in [7, 11) is 0. The molecule has 0 saturated carbocycles. The number of piperidine rings is 1. The molecule has 1 aliphatic rings. The number of hydrogen-bond donors (Lipinski definition) is 2. The smallest absolute Gasteiger partial charge is 0.326 e. The maximum absolute atomic E-state index is 12.4. The van der Waals surface area contributed by atoms with Crippen LogP contribution in [0.15, 0.2) is 47.4 Å². The minimum absolute atomic E-state index is 0.211. The Labute approximate surface area is 226 Å². The van der Waals surface area contributed by atoms with Gasteiger partial charge in [0.1, 0.15) is 23.8 Å². The maximum Gasteiger partial charge on any atom is 0.326 e. The van der Waals surface area contributed by atoms with E-state index in [0.29, 0.717) is 40.9 Å². The molecule has 1 fully saturated rings. The SMILES string of the molecule is CC(C)(C)c1cc(NC(=O)Nc2cc3ncc(C#Cc4ccc(OCCN5CCCCC5)cn4)cn3n2)no1. The first-order valence-electron chi connectivity index (χ1n) is 13.1. The fourth-order valence-electron chi connectivity index (χ4n) is 4.11. The minimum Gasteiger partial charge on any atom is -0.491 e. The quantitative estimate of drug-likeness (QED) is 0.355. The summed E-state index contributed by atoms with van der Waals surface area (Å²) < 4.78 is 12.7. The fraction of sp³-hybridized carbons (Fsp3) is 0.393. The molecule has 0 atom stereocenters. The van der Waals surface area contributed by atoms with Gasteiger partial charge in [-0.25, -0.2) is 19.3 Å². The molecule has 5 rings (SSSR count). The highest BCUT2D eigenvalue weighted by Crippen LogP contribution is 2.24. The van der Waals surface area contributed by atoms with Crippen LogP contribution in [0, 0.1) is 11.8 Å². The van der Waals surface area contributed by atoms with Crippen molar-refractivity contribution in [1.29, 1.82) is 0 Å². The molecular formula is C28H32N8O3. The van der Waals surface area contributed by atoms with Gasteiger partial charge in [-0.15, -0.1) is 5.10 Å². The Hall–Kier alpha value is -4.43. The minimum atomic E-state index is -0.489. The Kier molecular flexibility index (Phi) is 7.74. The van der Waals surface area contributed by atoms with E-state index < -0.39 is 6.03 Å². The van der Waals surface area contributed by atoms with E-state index in [1.807, 2.05) is 32.9 Å². The number of urea groups is 1. The third-order valence-corrected chi connectivity index (χ3v) is 6.24. The Morgan fingerprint density at radius 2 is 1.87 bits per heavy atom. The molecule has 202 valence electrons. The number of hydrogen-bond acceptors (Lipinski definition) is 8. The maximum atomic E-state index is 12.4. The Morgan fingerprint density at radius 3 is 2.62 bits per heavy atom. The first kappa shape index (κ1) is 26.2. The van der Waals surface area contributed by atoms with Crippen molar-refractivity contribution < 1.29 is 14.1 Å². The molecule has 4 aromatic rings. The number of amides is 2. The average Bonchev–Trinajstić information content (AvgIpc) is 3.55. The summed E-state index contributed by atoms with van der Waals surface area (Å²) >= 11 is 0. The van der Waals surface area contributed by atoms with Crippen LogP contribution in [-0.2, 0) is 5.41 Å². The summed E-state index contributed by atoms with van der Waals surface area (Å²) in [6.07, 6.45) is 8.96. The number of nitrogens with one attached hydrogen (secondary N) is 2. The van der Waals surface area contributed by atoms with Gasteiger partial charge in [-0.05, 0) is 44.0 Å². The molecule has 2 N–H and O–H groups in total. The topological polar surface area (TPSA) is 123 Å². The summed E-state index contributed by atoms with van der Waals surface area (Å²) in [6.45, 7) is 9.90. The average molecular weight is 529 g/mol. The number of likely N-dealkylation sites (tertiary alicyclic amines) is 1. The summed E-state index contributed by atoms with van der Waals surface area (Å²) in [5, 5.41) is 13.6. The zero-order chi connectivity index (χ0) is 27.2.